The lowest BCUT2D eigenvalue weighted by atomic mass is 10.2. The average molecular weight is 229 g/mol. The van der Waals surface area contributed by atoms with Crippen molar-refractivity contribution in [2.75, 3.05) is 12.4 Å². The Labute approximate surface area is 92.7 Å². The molecule has 0 aliphatic rings. The predicted octanol–water partition coefficient (Wildman–Crippen LogP) is 0.980. The molecule has 0 aliphatic carbocycles. The Morgan fingerprint density at radius 3 is 3.00 bits per heavy atom. The molecule has 0 aliphatic heterocycles. The third-order valence-electron chi connectivity index (χ3n) is 1.94. The van der Waals surface area contributed by atoms with Crippen LogP contribution in [0.4, 0.5) is 0 Å². The highest BCUT2D eigenvalue weighted by molar-refractivity contribution is 6.18. The summed E-state index contributed by atoms with van der Waals surface area (Å²) >= 11 is 5.59. The molecule has 0 spiro atoms. The van der Waals surface area contributed by atoms with Crippen molar-refractivity contribution < 1.29 is 4.79 Å². The second-order valence-corrected chi connectivity index (χ2v) is 3.70. The maximum absolute atomic E-state index is 11.5. The predicted molar refractivity (Wildman–Crippen MR) is 59.3 cm³/mol. The van der Waals surface area contributed by atoms with Crippen LogP contribution < -0.4 is 10.7 Å². The number of carbonyl (C=O) groups excluding carboxylic acids is 1. The van der Waals surface area contributed by atoms with Crippen LogP contribution in [0.25, 0.3) is 0 Å². The van der Waals surface area contributed by atoms with Crippen LogP contribution >= 0.6 is 11.6 Å². The van der Waals surface area contributed by atoms with Crippen LogP contribution in [-0.2, 0) is 0 Å². The van der Waals surface area contributed by atoms with Gasteiger partial charge in [-0.05, 0) is 5.92 Å². The summed E-state index contributed by atoms with van der Waals surface area (Å²) in [4.78, 5) is 25.5. The number of aromatic amines is 1. The Balaban J connectivity index is 2.62. The smallest absolute Gasteiger partial charge is 0.256 e. The van der Waals surface area contributed by atoms with Crippen molar-refractivity contribution in [2.24, 2.45) is 5.92 Å². The van der Waals surface area contributed by atoms with Gasteiger partial charge in [0, 0.05) is 30.9 Å². The van der Waals surface area contributed by atoms with E-state index < -0.39 is 0 Å². The number of hydrogen-bond acceptors (Lipinski definition) is 2. The summed E-state index contributed by atoms with van der Waals surface area (Å²) in [5.74, 6) is 0.304. The summed E-state index contributed by atoms with van der Waals surface area (Å²) in [7, 11) is 0. The molecule has 1 rings (SSSR count). The van der Waals surface area contributed by atoms with Gasteiger partial charge in [0.25, 0.3) is 5.91 Å². The van der Waals surface area contributed by atoms with E-state index in [-0.39, 0.29) is 22.8 Å². The van der Waals surface area contributed by atoms with Crippen LogP contribution in [0.2, 0.25) is 0 Å². The fourth-order valence-electron chi connectivity index (χ4n) is 1.01. The zero-order chi connectivity index (χ0) is 11.3. The van der Waals surface area contributed by atoms with Gasteiger partial charge in [-0.2, -0.15) is 0 Å². The third kappa shape index (κ3) is 3.40. The topological polar surface area (TPSA) is 62.0 Å². The molecule has 1 unspecified atom stereocenters. The highest BCUT2D eigenvalue weighted by Gasteiger charge is 2.09. The Bertz CT molecular complexity index is 389. The maximum Gasteiger partial charge on any atom is 0.256 e. The number of amides is 1. The largest absolute Gasteiger partial charge is 0.367 e. The van der Waals surface area contributed by atoms with Crippen LogP contribution in [-0.4, -0.2) is 23.3 Å². The lowest BCUT2D eigenvalue weighted by Gasteiger charge is -2.08. The van der Waals surface area contributed by atoms with Crippen molar-refractivity contribution in [1.29, 1.82) is 0 Å². The minimum Gasteiger partial charge on any atom is -0.367 e. The SMILES string of the molecule is CC(CCl)CNC(=O)c1c[nH]ccc1=O. The van der Waals surface area contributed by atoms with Gasteiger partial charge in [-0.25, -0.2) is 0 Å². The molecule has 1 heterocycles. The second-order valence-electron chi connectivity index (χ2n) is 3.39. The summed E-state index contributed by atoms with van der Waals surface area (Å²) in [5.41, 5.74) is -0.163. The van der Waals surface area contributed by atoms with E-state index >= 15 is 0 Å². The molecule has 0 saturated heterocycles. The fourth-order valence-corrected chi connectivity index (χ4v) is 1.12. The molecule has 5 heteroatoms. The highest BCUT2D eigenvalue weighted by atomic mass is 35.5. The van der Waals surface area contributed by atoms with Crippen LogP contribution in [0.1, 0.15) is 17.3 Å². The quantitative estimate of drug-likeness (QED) is 0.755. The third-order valence-corrected chi connectivity index (χ3v) is 2.47. The monoisotopic (exact) mass is 228 g/mol. The molecule has 1 aromatic heterocycles. The molecule has 0 saturated carbocycles. The van der Waals surface area contributed by atoms with E-state index in [1.165, 1.54) is 18.5 Å². The molecule has 0 fully saturated rings. The number of hydrogen-bond donors (Lipinski definition) is 2. The Hall–Kier alpha value is -1.29. The Morgan fingerprint density at radius 2 is 2.40 bits per heavy atom. The minimum atomic E-state index is -0.367. The molecule has 4 nitrogen and oxygen atoms in total. The molecule has 1 aromatic rings. The number of carbonyl (C=O) groups is 1. The molecule has 0 bridgehead atoms. The molecule has 1 amide bonds. The van der Waals surface area contributed by atoms with Crippen molar-refractivity contribution in [3.05, 3.63) is 34.2 Å². The second kappa shape index (κ2) is 5.56. The number of rotatable bonds is 4. The lowest BCUT2D eigenvalue weighted by molar-refractivity contribution is 0.0948. The van der Waals surface area contributed by atoms with Crippen molar-refractivity contribution in [2.45, 2.75) is 6.92 Å². The number of alkyl halides is 1. The molecule has 15 heavy (non-hydrogen) atoms. The number of pyridine rings is 1. The van der Waals surface area contributed by atoms with E-state index in [9.17, 15) is 9.59 Å². The Morgan fingerprint density at radius 1 is 1.67 bits per heavy atom. The van der Waals surface area contributed by atoms with Crippen LogP contribution in [0.5, 0.6) is 0 Å². The Kier molecular flexibility index (Phi) is 4.37. The van der Waals surface area contributed by atoms with E-state index in [0.717, 1.165) is 0 Å². The highest BCUT2D eigenvalue weighted by Crippen LogP contribution is 1.96. The summed E-state index contributed by atoms with van der Waals surface area (Å²) in [6.07, 6.45) is 2.88. The fraction of sp³-hybridized carbons (Fsp3) is 0.400. The number of nitrogens with one attached hydrogen (secondary N) is 2. The first-order valence-corrected chi connectivity index (χ1v) is 5.20. The van der Waals surface area contributed by atoms with Crippen molar-refractivity contribution in [3.63, 3.8) is 0 Å². The summed E-state index contributed by atoms with van der Waals surface area (Å²) in [5, 5.41) is 2.65. The summed E-state index contributed by atoms with van der Waals surface area (Å²) < 4.78 is 0. The van der Waals surface area contributed by atoms with Gasteiger partial charge >= 0.3 is 0 Å². The summed E-state index contributed by atoms with van der Waals surface area (Å²) in [6.45, 7) is 2.39. The van der Waals surface area contributed by atoms with Crippen LogP contribution in [0, 0.1) is 5.92 Å². The molecule has 0 aromatic carbocycles. The standard InChI is InChI=1S/C10H13ClN2O2/c1-7(4-11)5-13-10(15)8-6-12-3-2-9(8)14/h2-3,6-7H,4-5H2,1H3,(H,12,14)(H,13,15). The molecule has 82 valence electrons. The number of aromatic nitrogens is 1. The van der Waals surface area contributed by atoms with E-state index in [4.69, 9.17) is 11.6 Å². The van der Waals surface area contributed by atoms with E-state index in [1.807, 2.05) is 6.92 Å². The average Bonchev–Trinajstić information content (AvgIpc) is 2.26. The van der Waals surface area contributed by atoms with Crippen LogP contribution in [0.15, 0.2) is 23.3 Å². The van der Waals surface area contributed by atoms with Gasteiger partial charge in [-0.1, -0.05) is 6.92 Å². The number of H-pyrrole nitrogens is 1. The molecule has 2 N–H and O–H groups in total. The van der Waals surface area contributed by atoms with E-state index in [0.29, 0.717) is 12.4 Å². The summed E-state index contributed by atoms with van der Waals surface area (Å²) in [6, 6.07) is 1.32. The van der Waals surface area contributed by atoms with Gasteiger partial charge in [0.05, 0.1) is 0 Å². The van der Waals surface area contributed by atoms with Gasteiger partial charge in [0.2, 0.25) is 0 Å². The zero-order valence-corrected chi connectivity index (χ0v) is 9.17. The zero-order valence-electron chi connectivity index (χ0n) is 8.42. The van der Waals surface area contributed by atoms with Crippen molar-refractivity contribution >= 4 is 17.5 Å². The number of halogens is 1. The van der Waals surface area contributed by atoms with E-state index in [2.05, 4.69) is 10.3 Å². The molecule has 0 radical (unpaired) electrons. The van der Waals surface area contributed by atoms with Gasteiger partial charge in [0.1, 0.15) is 5.56 Å². The first-order chi connectivity index (χ1) is 7.15. The van der Waals surface area contributed by atoms with Gasteiger partial charge in [-0.3, -0.25) is 9.59 Å². The van der Waals surface area contributed by atoms with Crippen molar-refractivity contribution in [1.82, 2.24) is 10.3 Å². The first kappa shape index (κ1) is 11.8. The molecular weight excluding hydrogens is 216 g/mol. The molecule has 1 atom stereocenters. The normalized spacial score (nSPS) is 12.1. The van der Waals surface area contributed by atoms with E-state index in [1.54, 1.807) is 0 Å². The molecular formula is C10H13ClN2O2. The van der Waals surface area contributed by atoms with Crippen molar-refractivity contribution in [3.8, 4) is 0 Å². The first-order valence-electron chi connectivity index (χ1n) is 4.66. The van der Waals surface area contributed by atoms with Gasteiger partial charge in [0.15, 0.2) is 5.43 Å². The lowest BCUT2D eigenvalue weighted by Crippen LogP contribution is -2.32. The van der Waals surface area contributed by atoms with Gasteiger partial charge in [-0.15, -0.1) is 11.6 Å². The minimum absolute atomic E-state index is 0.124. The van der Waals surface area contributed by atoms with Crippen LogP contribution in [0.3, 0.4) is 0 Å². The maximum atomic E-state index is 11.5. The van der Waals surface area contributed by atoms with Gasteiger partial charge < -0.3 is 10.3 Å².